The van der Waals surface area contributed by atoms with Gasteiger partial charge in [-0.15, -0.1) is 5.10 Å². The van der Waals surface area contributed by atoms with Gasteiger partial charge in [-0.25, -0.2) is 0 Å². The first kappa shape index (κ1) is 22.9. The molecule has 1 fully saturated rings. The second-order valence-electron chi connectivity index (χ2n) is 8.45. The van der Waals surface area contributed by atoms with E-state index in [2.05, 4.69) is 10.3 Å². The topological polar surface area (TPSA) is 69.5 Å². The van der Waals surface area contributed by atoms with Crippen molar-refractivity contribution in [1.82, 2.24) is 15.0 Å². The van der Waals surface area contributed by atoms with E-state index >= 15 is 0 Å². The number of hydrogen-bond donors (Lipinski definition) is 0. The molecule has 0 bridgehead atoms. The Bertz CT molecular complexity index is 1340. The highest BCUT2D eigenvalue weighted by Gasteiger charge is 2.42. The Labute approximate surface area is 208 Å². The summed E-state index contributed by atoms with van der Waals surface area (Å²) in [4.78, 5) is 15.2. The Balaban J connectivity index is 1.49. The summed E-state index contributed by atoms with van der Waals surface area (Å²) in [6.07, 6.45) is 2.28. The second kappa shape index (κ2) is 9.80. The van der Waals surface area contributed by atoms with Gasteiger partial charge in [0.2, 0.25) is 5.91 Å². The maximum atomic E-state index is 13.3. The fourth-order valence-corrected chi connectivity index (χ4v) is 4.85. The fraction of sp³-hybridized carbons (Fsp3) is 0.222. The Kier molecular flexibility index (Phi) is 6.42. The minimum absolute atomic E-state index is 0.0301. The Hall–Kier alpha value is -3.84. The number of amides is 1. The van der Waals surface area contributed by atoms with Crippen molar-refractivity contribution < 1.29 is 14.3 Å². The zero-order valence-electron chi connectivity index (χ0n) is 19.5. The predicted molar refractivity (Wildman–Crippen MR) is 135 cm³/mol. The zero-order valence-corrected chi connectivity index (χ0v) is 20.2. The Morgan fingerprint density at radius 3 is 2.57 bits per heavy atom. The van der Waals surface area contributed by atoms with Gasteiger partial charge >= 0.3 is 0 Å². The van der Waals surface area contributed by atoms with E-state index in [0.29, 0.717) is 18.0 Å². The van der Waals surface area contributed by atoms with Crippen molar-refractivity contribution in [3.05, 3.63) is 89.6 Å². The molecule has 5 rings (SSSR count). The minimum atomic E-state index is -0.197. The highest BCUT2D eigenvalue weighted by Crippen LogP contribution is 2.43. The lowest BCUT2D eigenvalue weighted by Crippen LogP contribution is -2.29. The number of halogens is 1. The SMILES string of the molecule is COc1cccc([C@H]2[C@H](Cn3cc(-c4ccccc4OC)nn3)CC(=O)N2c2ccc(Cl)cc2)c1. The van der Waals surface area contributed by atoms with Crippen LogP contribution in [-0.2, 0) is 11.3 Å². The Morgan fingerprint density at radius 2 is 1.80 bits per heavy atom. The molecule has 35 heavy (non-hydrogen) atoms. The number of rotatable bonds is 7. The lowest BCUT2D eigenvalue weighted by Gasteiger charge is -2.29. The van der Waals surface area contributed by atoms with Crippen LogP contribution in [0, 0.1) is 5.92 Å². The summed E-state index contributed by atoms with van der Waals surface area (Å²) in [6.45, 7) is 0.528. The first-order valence-electron chi connectivity index (χ1n) is 11.3. The molecule has 8 heteroatoms. The molecular weight excluding hydrogens is 464 g/mol. The third kappa shape index (κ3) is 4.59. The smallest absolute Gasteiger partial charge is 0.228 e. The normalized spacial score (nSPS) is 17.6. The standard InChI is InChI=1S/C27H25ClN4O3/c1-34-22-7-5-6-18(14-22)27-19(15-26(33)32(27)21-12-10-20(28)11-13-21)16-31-17-24(29-30-31)23-8-3-4-9-25(23)35-2/h3-14,17,19,27H,15-16H2,1-2H3/t19-,27-/m0/s1. The van der Waals surface area contributed by atoms with Crippen LogP contribution in [0.4, 0.5) is 5.69 Å². The lowest BCUT2D eigenvalue weighted by molar-refractivity contribution is -0.117. The zero-order chi connectivity index (χ0) is 24.4. The van der Waals surface area contributed by atoms with Crippen molar-refractivity contribution in [3.8, 4) is 22.8 Å². The van der Waals surface area contributed by atoms with Crippen molar-refractivity contribution >= 4 is 23.2 Å². The first-order chi connectivity index (χ1) is 17.1. The molecular formula is C27H25ClN4O3. The molecule has 0 radical (unpaired) electrons. The number of methoxy groups -OCH3 is 2. The Morgan fingerprint density at radius 1 is 1.00 bits per heavy atom. The summed E-state index contributed by atoms with van der Waals surface area (Å²) in [5.41, 5.74) is 3.40. The number of nitrogens with zero attached hydrogens (tertiary/aromatic N) is 4. The second-order valence-corrected chi connectivity index (χ2v) is 8.89. The van der Waals surface area contributed by atoms with E-state index in [1.807, 2.05) is 71.8 Å². The molecule has 1 saturated heterocycles. The molecule has 1 aliphatic rings. The van der Waals surface area contributed by atoms with Crippen LogP contribution in [0.5, 0.6) is 11.5 Å². The van der Waals surface area contributed by atoms with E-state index in [9.17, 15) is 4.79 Å². The maximum Gasteiger partial charge on any atom is 0.228 e. The van der Waals surface area contributed by atoms with Crippen LogP contribution < -0.4 is 14.4 Å². The number of anilines is 1. The molecule has 4 aromatic rings. The summed E-state index contributed by atoms with van der Waals surface area (Å²) >= 11 is 6.11. The molecule has 7 nitrogen and oxygen atoms in total. The highest BCUT2D eigenvalue weighted by molar-refractivity contribution is 6.30. The van der Waals surface area contributed by atoms with Gasteiger partial charge in [0.1, 0.15) is 17.2 Å². The van der Waals surface area contributed by atoms with Gasteiger partial charge in [-0.2, -0.15) is 0 Å². The predicted octanol–water partition coefficient (Wildman–Crippen LogP) is 5.41. The number of para-hydroxylation sites is 1. The third-order valence-electron chi connectivity index (χ3n) is 6.31. The van der Waals surface area contributed by atoms with E-state index in [4.69, 9.17) is 21.1 Å². The van der Waals surface area contributed by atoms with Crippen LogP contribution in [0.2, 0.25) is 5.02 Å². The quantitative estimate of drug-likeness (QED) is 0.348. The highest BCUT2D eigenvalue weighted by atomic mass is 35.5. The fourth-order valence-electron chi connectivity index (χ4n) is 4.73. The largest absolute Gasteiger partial charge is 0.497 e. The summed E-state index contributed by atoms with van der Waals surface area (Å²) in [5, 5.41) is 9.36. The molecule has 0 aliphatic carbocycles. The van der Waals surface area contributed by atoms with Crippen molar-refractivity contribution in [2.24, 2.45) is 5.92 Å². The van der Waals surface area contributed by atoms with Crippen LogP contribution >= 0.6 is 11.6 Å². The van der Waals surface area contributed by atoms with E-state index in [1.54, 1.807) is 31.0 Å². The summed E-state index contributed by atoms with van der Waals surface area (Å²) in [5.74, 6) is 1.50. The van der Waals surface area contributed by atoms with E-state index < -0.39 is 0 Å². The number of carbonyl (C=O) groups is 1. The molecule has 1 amide bonds. The molecule has 0 saturated carbocycles. The molecule has 1 aliphatic heterocycles. The molecule has 0 unspecified atom stereocenters. The van der Waals surface area contributed by atoms with Crippen LogP contribution in [-0.4, -0.2) is 35.1 Å². The number of hydrogen-bond acceptors (Lipinski definition) is 5. The molecule has 3 aromatic carbocycles. The van der Waals surface area contributed by atoms with Gasteiger partial charge in [-0.3, -0.25) is 9.48 Å². The van der Waals surface area contributed by atoms with Gasteiger partial charge < -0.3 is 14.4 Å². The van der Waals surface area contributed by atoms with Gasteiger partial charge in [0.05, 0.1) is 26.5 Å². The van der Waals surface area contributed by atoms with Gasteiger partial charge in [-0.1, -0.05) is 41.1 Å². The van der Waals surface area contributed by atoms with Crippen LogP contribution in [0.15, 0.2) is 79.0 Å². The molecule has 1 aromatic heterocycles. The van der Waals surface area contributed by atoms with Gasteiger partial charge in [0, 0.05) is 35.2 Å². The lowest BCUT2D eigenvalue weighted by atomic mass is 9.93. The number of carbonyl (C=O) groups excluding carboxylic acids is 1. The van der Waals surface area contributed by atoms with Gasteiger partial charge in [0.25, 0.3) is 0 Å². The first-order valence-corrected chi connectivity index (χ1v) is 11.7. The molecule has 178 valence electrons. The summed E-state index contributed by atoms with van der Waals surface area (Å²) in [6, 6.07) is 22.7. The third-order valence-corrected chi connectivity index (χ3v) is 6.57. The molecule has 2 heterocycles. The maximum absolute atomic E-state index is 13.3. The number of aromatic nitrogens is 3. The van der Waals surface area contributed by atoms with Gasteiger partial charge in [-0.05, 0) is 54.1 Å². The molecule has 2 atom stereocenters. The van der Waals surface area contributed by atoms with E-state index in [-0.39, 0.29) is 17.9 Å². The molecule has 0 spiro atoms. The number of benzene rings is 3. The monoisotopic (exact) mass is 488 g/mol. The van der Waals surface area contributed by atoms with Crippen LogP contribution in [0.3, 0.4) is 0 Å². The van der Waals surface area contributed by atoms with Gasteiger partial charge in [0.15, 0.2) is 0 Å². The van der Waals surface area contributed by atoms with E-state index in [1.165, 1.54) is 0 Å². The summed E-state index contributed by atoms with van der Waals surface area (Å²) < 4.78 is 12.7. The van der Waals surface area contributed by atoms with Crippen molar-refractivity contribution in [3.63, 3.8) is 0 Å². The molecule has 0 N–H and O–H groups in total. The van der Waals surface area contributed by atoms with Crippen molar-refractivity contribution in [1.29, 1.82) is 0 Å². The van der Waals surface area contributed by atoms with Crippen molar-refractivity contribution in [2.75, 3.05) is 19.1 Å². The minimum Gasteiger partial charge on any atom is -0.497 e. The van der Waals surface area contributed by atoms with Crippen molar-refractivity contribution in [2.45, 2.75) is 19.0 Å². The average molecular weight is 489 g/mol. The van der Waals surface area contributed by atoms with Crippen LogP contribution in [0.25, 0.3) is 11.3 Å². The number of ether oxygens (including phenoxy) is 2. The van der Waals surface area contributed by atoms with E-state index in [0.717, 1.165) is 34.0 Å². The summed E-state index contributed by atoms with van der Waals surface area (Å²) in [7, 11) is 3.28. The van der Waals surface area contributed by atoms with Crippen LogP contribution in [0.1, 0.15) is 18.0 Å². The average Bonchev–Trinajstić information content (AvgIpc) is 3.48.